The van der Waals surface area contributed by atoms with Crippen LogP contribution in [0.3, 0.4) is 0 Å². The fourth-order valence-electron chi connectivity index (χ4n) is 5.79. The van der Waals surface area contributed by atoms with Gasteiger partial charge in [-0.3, -0.25) is 4.79 Å². The van der Waals surface area contributed by atoms with E-state index in [-0.39, 0.29) is 10.4 Å². The first kappa shape index (κ1) is 29.2. The van der Waals surface area contributed by atoms with Crippen molar-refractivity contribution < 1.29 is 23.8 Å². The summed E-state index contributed by atoms with van der Waals surface area (Å²) in [6.07, 6.45) is -2.16. The van der Waals surface area contributed by atoms with E-state index in [0.717, 1.165) is 23.5 Å². The predicted molar refractivity (Wildman–Crippen MR) is 149 cm³/mol. The van der Waals surface area contributed by atoms with Crippen molar-refractivity contribution in [3.05, 3.63) is 35.9 Å². The first-order valence-corrected chi connectivity index (χ1v) is 17.2. The van der Waals surface area contributed by atoms with Crippen LogP contribution in [0, 0.1) is 0 Å². The van der Waals surface area contributed by atoms with E-state index in [1.807, 2.05) is 44.2 Å². The SMILES string of the molecule is CC(C)[Si](O[C@@H](c1ccccc1)[C@@H]1OC(C)(C)O[C@H]([C@H](O)C2SCCCS2)C1=O)(C(C)C)C(C)C. The smallest absolute Gasteiger partial charge is 0.201 e. The quantitative estimate of drug-likeness (QED) is 0.356. The van der Waals surface area contributed by atoms with E-state index >= 15 is 0 Å². The molecule has 1 aromatic rings. The van der Waals surface area contributed by atoms with Gasteiger partial charge in [-0.25, -0.2) is 0 Å². The lowest BCUT2D eigenvalue weighted by molar-refractivity contribution is -0.299. The summed E-state index contributed by atoms with van der Waals surface area (Å²) in [4.78, 5) is 14.0. The molecule has 2 aliphatic rings. The van der Waals surface area contributed by atoms with E-state index in [2.05, 4.69) is 41.5 Å². The van der Waals surface area contributed by atoms with Gasteiger partial charge in [0.2, 0.25) is 8.32 Å². The summed E-state index contributed by atoms with van der Waals surface area (Å²) in [5.41, 5.74) is 1.99. The maximum absolute atomic E-state index is 14.0. The minimum absolute atomic E-state index is 0.0844. The number of benzene rings is 1. The summed E-state index contributed by atoms with van der Waals surface area (Å²) in [6.45, 7) is 17.1. The van der Waals surface area contributed by atoms with Crippen molar-refractivity contribution in [2.45, 2.75) is 113 Å². The molecule has 1 N–H and O–H groups in total. The van der Waals surface area contributed by atoms with Gasteiger partial charge in [-0.15, -0.1) is 23.5 Å². The number of hydrogen-bond acceptors (Lipinski definition) is 7. The molecule has 2 aliphatic heterocycles. The van der Waals surface area contributed by atoms with E-state index < -0.39 is 38.5 Å². The van der Waals surface area contributed by atoms with E-state index in [4.69, 9.17) is 13.9 Å². The molecule has 2 saturated heterocycles. The summed E-state index contributed by atoms with van der Waals surface area (Å²) in [6, 6.07) is 9.96. The number of Topliss-reactive ketones (excluding diaryl/α,β-unsaturated/α-hetero) is 1. The molecule has 0 spiro atoms. The fraction of sp³-hybridized carbons (Fsp3) is 0.741. The second-order valence-corrected chi connectivity index (χ2v) is 19.3. The van der Waals surface area contributed by atoms with Crippen molar-refractivity contribution in [2.75, 3.05) is 11.5 Å². The van der Waals surface area contributed by atoms with Crippen LogP contribution in [0.15, 0.2) is 30.3 Å². The van der Waals surface area contributed by atoms with Gasteiger partial charge in [0.05, 0.1) is 4.58 Å². The van der Waals surface area contributed by atoms with Crippen LogP contribution in [-0.2, 0) is 18.7 Å². The molecule has 0 aromatic heterocycles. The van der Waals surface area contributed by atoms with Gasteiger partial charge < -0.3 is 19.0 Å². The molecule has 3 rings (SSSR count). The average molecular weight is 541 g/mol. The lowest BCUT2D eigenvalue weighted by atomic mass is 9.94. The highest BCUT2D eigenvalue weighted by molar-refractivity contribution is 8.17. The van der Waals surface area contributed by atoms with Crippen LogP contribution in [-0.4, -0.2) is 59.4 Å². The van der Waals surface area contributed by atoms with Crippen LogP contribution < -0.4 is 0 Å². The van der Waals surface area contributed by atoms with Gasteiger partial charge in [0.1, 0.15) is 18.3 Å². The Morgan fingerprint density at radius 3 is 1.97 bits per heavy atom. The predicted octanol–water partition coefficient (Wildman–Crippen LogP) is 6.57. The Kier molecular flexibility index (Phi) is 10.0. The van der Waals surface area contributed by atoms with Crippen molar-refractivity contribution in [3.63, 3.8) is 0 Å². The number of hydrogen-bond donors (Lipinski definition) is 1. The first-order valence-electron chi connectivity index (χ1n) is 12.9. The van der Waals surface area contributed by atoms with Crippen LogP contribution in [0.5, 0.6) is 0 Å². The van der Waals surface area contributed by atoms with Crippen molar-refractivity contribution in [2.24, 2.45) is 0 Å². The number of aliphatic hydroxyl groups is 1. The van der Waals surface area contributed by atoms with Gasteiger partial charge >= 0.3 is 0 Å². The molecule has 35 heavy (non-hydrogen) atoms. The first-order chi connectivity index (χ1) is 16.4. The standard InChI is InChI=1S/C27H44O5S2Si/c1-17(2)35(18(3)4,19(5)6)32-23(20-13-10-9-11-14-20)25-21(28)24(30-27(7,8)31-25)22(29)26-33-15-12-16-34-26/h9-11,13-14,17-19,22-26,29H,12,15-16H2,1-8H3/t22-,23-,24-,25+/m0/s1. The number of ketones is 1. The Morgan fingerprint density at radius 2 is 1.46 bits per heavy atom. The van der Waals surface area contributed by atoms with Gasteiger partial charge in [0.25, 0.3) is 0 Å². The summed E-state index contributed by atoms with van der Waals surface area (Å²) < 4.78 is 19.6. The van der Waals surface area contributed by atoms with E-state index in [1.165, 1.54) is 0 Å². The second kappa shape index (κ2) is 12.0. The van der Waals surface area contributed by atoms with Crippen LogP contribution in [0.4, 0.5) is 0 Å². The highest BCUT2D eigenvalue weighted by atomic mass is 32.2. The van der Waals surface area contributed by atoms with Gasteiger partial charge in [0.15, 0.2) is 17.7 Å². The Balaban J connectivity index is 2.03. The number of thioether (sulfide) groups is 2. The molecule has 0 amide bonds. The number of ether oxygens (including phenoxy) is 2. The number of carbonyl (C=O) groups excluding carboxylic acids is 1. The highest BCUT2D eigenvalue weighted by Crippen LogP contribution is 2.47. The Hall–Kier alpha value is -0.353. The molecule has 4 atom stereocenters. The molecular weight excluding hydrogens is 497 g/mol. The topological polar surface area (TPSA) is 65.0 Å². The van der Waals surface area contributed by atoms with Crippen molar-refractivity contribution in [3.8, 4) is 0 Å². The summed E-state index contributed by atoms with van der Waals surface area (Å²) >= 11 is 3.42. The zero-order valence-electron chi connectivity index (χ0n) is 22.5. The zero-order valence-corrected chi connectivity index (χ0v) is 25.2. The van der Waals surface area contributed by atoms with E-state index in [0.29, 0.717) is 16.6 Å². The summed E-state index contributed by atoms with van der Waals surface area (Å²) in [5, 5.41) is 11.3. The third-order valence-corrected chi connectivity index (χ3v) is 16.4. The Labute approximate surface area is 221 Å². The molecule has 0 unspecified atom stereocenters. The normalized spacial score (nSPS) is 25.9. The zero-order chi connectivity index (χ0) is 26.0. The van der Waals surface area contributed by atoms with Gasteiger partial charge in [0, 0.05) is 0 Å². The van der Waals surface area contributed by atoms with Crippen LogP contribution in [0.1, 0.15) is 73.5 Å². The molecule has 2 fully saturated rings. The molecule has 198 valence electrons. The van der Waals surface area contributed by atoms with Gasteiger partial charge in [-0.1, -0.05) is 71.9 Å². The molecule has 0 bridgehead atoms. The minimum Gasteiger partial charge on any atom is -0.406 e. The molecule has 0 saturated carbocycles. The average Bonchev–Trinajstić information content (AvgIpc) is 2.81. The molecule has 2 heterocycles. The number of carbonyl (C=O) groups is 1. The molecule has 5 nitrogen and oxygen atoms in total. The van der Waals surface area contributed by atoms with Crippen molar-refractivity contribution in [1.29, 1.82) is 0 Å². The van der Waals surface area contributed by atoms with Crippen LogP contribution in [0.2, 0.25) is 16.6 Å². The summed E-state index contributed by atoms with van der Waals surface area (Å²) in [7, 11) is -2.36. The monoisotopic (exact) mass is 540 g/mol. The maximum Gasteiger partial charge on any atom is 0.201 e. The van der Waals surface area contributed by atoms with Crippen LogP contribution in [0.25, 0.3) is 0 Å². The van der Waals surface area contributed by atoms with E-state index in [1.54, 1.807) is 23.5 Å². The largest absolute Gasteiger partial charge is 0.406 e. The van der Waals surface area contributed by atoms with Crippen molar-refractivity contribution in [1.82, 2.24) is 0 Å². The third kappa shape index (κ3) is 6.39. The molecule has 1 aromatic carbocycles. The molecular formula is C27H44O5S2Si. The lowest BCUT2D eigenvalue weighted by Crippen LogP contribution is -2.60. The maximum atomic E-state index is 14.0. The van der Waals surface area contributed by atoms with Crippen molar-refractivity contribution >= 4 is 37.6 Å². The summed E-state index contributed by atoms with van der Waals surface area (Å²) in [5.74, 6) is 0.721. The van der Waals surface area contributed by atoms with Crippen LogP contribution >= 0.6 is 23.5 Å². The second-order valence-electron chi connectivity index (χ2n) is 11.1. The third-order valence-electron chi connectivity index (χ3n) is 7.27. The van der Waals surface area contributed by atoms with Gasteiger partial charge in [-0.2, -0.15) is 0 Å². The van der Waals surface area contributed by atoms with Gasteiger partial charge in [-0.05, 0) is 54.0 Å². The molecule has 0 aliphatic carbocycles. The fourth-order valence-corrected chi connectivity index (χ4v) is 14.2. The Bertz CT molecular complexity index is 804. The molecule has 8 heteroatoms. The molecule has 0 radical (unpaired) electrons. The lowest BCUT2D eigenvalue weighted by Gasteiger charge is -2.49. The Morgan fingerprint density at radius 1 is 0.943 bits per heavy atom. The number of aliphatic hydroxyl groups excluding tert-OH is 1. The van der Waals surface area contributed by atoms with E-state index in [9.17, 15) is 9.90 Å². The highest BCUT2D eigenvalue weighted by Gasteiger charge is 2.54. The number of rotatable bonds is 9. The minimum atomic E-state index is -2.36.